The lowest BCUT2D eigenvalue weighted by Crippen LogP contribution is -1.96. The van der Waals surface area contributed by atoms with Crippen molar-refractivity contribution in [2.24, 2.45) is 0 Å². The molecule has 3 radical (unpaired) electrons. The SMILES string of the molecule is O=S(=O)(O)c1cccc(Cl)c1.[Al]. The van der Waals surface area contributed by atoms with Gasteiger partial charge in [-0.15, -0.1) is 0 Å². The van der Waals surface area contributed by atoms with Gasteiger partial charge >= 0.3 is 0 Å². The minimum atomic E-state index is -4.11. The van der Waals surface area contributed by atoms with Crippen LogP contribution in [-0.4, -0.2) is 30.3 Å². The fourth-order valence-electron chi connectivity index (χ4n) is 0.627. The highest BCUT2D eigenvalue weighted by atomic mass is 35.5. The van der Waals surface area contributed by atoms with E-state index in [-0.39, 0.29) is 27.3 Å². The van der Waals surface area contributed by atoms with Gasteiger partial charge in [0.2, 0.25) is 0 Å². The molecule has 0 heterocycles. The fraction of sp³-hybridized carbons (Fsp3) is 0. The summed E-state index contributed by atoms with van der Waals surface area (Å²) in [5.41, 5.74) is 0. The van der Waals surface area contributed by atoms with Crippen LogP contribution in [0.2, 0.25) is 5.02 Å². The number of halogens is 1. The third kappa shape index (κ3) is 3.13. The molecule has 0 aliphatic heterocycles. The minimum Gasteiger partial charge on any atom is -0.282 e. The molecule has 1 rings (SSSR count). The summed E-state index contributed by atoms with van der Waals surface area (Å²) in [6.45, 7) is 0. The topological polar surface area (TPSA) is 54.4 Å². The second-order valence-corrected chi connectivity index (χ2v) is 3.79. The van der Waals surface area contributed by atoms with Gasteiger partial charge in [0.1, 0.15) is 0 Å². The van der Waals surface area contributed by atoms with Gasteiger partial charge in [0, 0.05) is 22.4 Å². The highest BCUT2D eigenvalue weighted by molar-refractivity contribution is 7.85. The summed E-state index contributed by atoms with van der Waals surface area (Å²) in [5, 5.41) is 0.278. The Morgan fingerprint density at radius 2 is 1.92 bits per heavy atom. The molecule has 0 unspecified atom stereocenters. The number of hydrogen-bond acceptors (Lipinski definition) is 2. The quantitative estimate of drug-likeness (QED) is 0.571. The average Bonchev–Trinajstić information content (AvgIpc) is 1.86. The van der Waals surface area contributed by atoms with Gasteiger partial charge in [-0.1, -0.05) is 17.7 Å². The molecule has 0 fully saturated rings. The van der Waals surface area contributed by atoms with E-state index in [1.54, 1.807) is 0 Å². The molecule has 1 aromatic rings. The Morgan fingerprint density at radius 1 is 1.33 bits per heavy atom. The van der Waals surface area contributed by atoms with E-state index in [2.05, 4.69) is 0 Å². The standard InChI is InChI=1S/C6H5ClO3S.Al/c7-5-2-1-3-6(4-5)11(8,9)10;/h1-4H,(H,8,9,10);. The van der Waals surface area contributed by atoms with E-state index in [1.165, 1.54) is 24.3 Å². The van der Waals surface area contributed by atoms with E-state index in [0.29, 0.717) is 0 Å². The van der Waals surface area contributed by atoms with Gasteiger partial charge in [-0.25, -0.2) is 0 Å². The second-order valence-electron chi connectivity index (χ2n) is 1.93. The molecule has 63 valence electrons. The number of rotatable bonds is 1. The summed E-state index contributed by atoms with van der Waals surface area (Å²) < 4.78 is 29.5. The van der Waals surface area contributed by atoms with Crippen LogP contribution in [0.5, 0.6) is 0 Å². The van der Waals surface area contributed by atoms with Gasteiger partial charge in [-0.2, -0.15) is 8.42 Å². The van der Waals surface area contributed by atoms with E-state index in [1.807, 2.05) is 0 Å². The van der Waals surface area contributed by atoms with Gasteiger partial charge in [0.15, 0.2) is 0 Å². The van der Waals surface area contributed by atoms with Crippen molar-refractivity contribution in [1.82, 2.24) is 0 Å². The van der Waals surface area contributed by atoms with E-state index < -0.39 is 10.1 Å². The van der Waals surface area contributed by atoms with Gasteiger partial charge < -0.3 is 0 Å². The Labute approximate surface area is 86.2 Å². The summed E-state index contributed by atoms with van der Waals surface area (Å²) in [7, 11) is -4.11. The van der Waals surface area contributed by atoms with E-state index in [4.69, 9.17) is 16.2 Å². The molecule has 0 aliphatic rings. The zero-order chi connectivity index (χ0) is 8.48. The summed E-state index contributed by atoms with van der Waals surface area (Å²) in [6, 6.07) is 5.42. The molecule has 12 heavy (non-hydrogen) atoms. The Bertz CT molecular complexity index is 363. The summed E-state index contributed by atoms with van der Waals surface area (Å²) >= 11 is 5.48. The van der Waals surface area contributed by atoms with E-state index in [9.17, 15) is 8.42 Å². The van der Waals surface area contributed by atoms with Crippen molar-refractivity contribution in [2.45, 2.75) is 4.90 Å². The number of hydrogen-bond donors (Lipinski definition) is 1. The van der Waals surface area contributed by atoms with E-state index >= 15 is 0 Å². The van der Waals surface area contributed by atoms with Gasteiger partial charge in [0.25, 0.3) is 10.1 Å². The molecular formula is C6H5AlClO3S. The lowest BCUT2D eigenvalue weighted by molar-refractivity contribution is 0.483. The molecule has 1 N–H and O–H groups in total. The molecule has 0 saturated carbocycles. The second kappa shape index (κ2) is 4.26. The third-order valence-corrected chi connectivity index (χ3v) is 2.18. The Morgan fingerprint density at radius 3 is 2.25 bits per heavy atom. The van der Waals surface area contributed by atoms with Crippen molar-refractivity contribution >= 4 is 39.1 Å². The summed E-state index contributed by atoms with van der Waals surface area (Å²) in [4.78, 5) is -0.190. The maximum atomic E-state index is 10.5. The monoisotopic (exact) mass is 219 g/mol. The smallest absolute Gasteiger partial charge is 0.282 e. The predicted molar refractivity (Wildman–Crippen MR) is 47.0 cm³/mol. The minimum absolute atomic E-state index is 0. The van der Waals surface area contributed by atoms with Crippen molar-refractivity contribution in [3.8, 4) is 0 Å². The molecule has 1 aromatic carbocycles. The molecular weight excluding hydrogens is 215 g/mol. The highest BCUT2D eigenvalue weighted by Crippen LogP contribution is 2.14. The van der Waals surface area contributed by atoms with Gasteiger partial charge in [0.05, 0.1) is 4.90 Å². The number of benzene rings is 1. The molecule has 6 heteroatoms. The summed E-state index contributed by atoms with van der Waals surface area (Å²) in [5.74, 6) is 0. The van der Waals surface area contributed by atoms with Crippen molar-refractivity contribution in [3.63, 3.8) is 0 Å². The first-order chi connectivity index (χ1) is 5.00. The van der Waals surface area contributed by atoms with Crippen LogP contribution in [-0.2, 0) is 10.1 Å². The third-order valence-electron chi connectivity index (χ3n) is 1.09. The van der Waals surface area contributed by atoms with Gasteiger partial charge in [-0.05, 0) is 18.2 Å². The Kier molecular flexibility index (Phi) is 4.25. The molecule has 0 amide bonds. The lowest BCUT2D eigenvalue weighted by atomic mass is 10.4. The molecule has 0 aliphatic carbocycles. The molecule has 0 bridgehead atoms. The van der Waals surface area contributed by atoms with Crippen LogP contribution in [0, 0.1) is 0 Å². The van der Waals surface area contributed by atoms with Crippen molar-refractivity contribution in [1.29, 1.82) is 0 Å². The Hall–Kier alpha value is -0.0475. The lowest BCUT2D eigenvalue weighted by Gasteiger charge is -1.95. The van der Waals surface area contributed by atoms with Crippen molar-refractivity contribution in [2.75, 3.05) is 0 Å². The zero-order valence-corrected chi connectivity index (χ0v) is 8.66. The van der Waals surface area contributed by atoms with E-state index in [0.717, 1.165) is 0 Å². The largest absolute Gasteiger partial charge is 0.294 e. The molecule has 0 atom stereocenters. The zero-order valence-electron chi connectivity index (χ0n) is 5.94. The molecule has 0 spiro atoms. The van der Waals surface area contributed by atoms with Crippen LogP contribution in [0.25, 0.3) is 0 Å². The molecule has 0 saturated heterocycles. The molecule has 0 aromatic heterocycles. The van der Waals surface area contributed by atoms with Crippen LogP contribution in [0.15, 0.2) is 29.2 Å². The van der Waals surface area contributed by atoms with Crippen LogP contribution in [0.1, 0.15) is 0 Å². The summed E-state index contributed by atoms with van der Waals surface area (Å²) in [6.07, 6.45) is 0. The van der Waals surface area contributed by atoms with Crippen molar-refractivity contribution in [3.05, 3.63) is 29.3 Å². The normalized spacial score (nSPS) is 10.5. The fourth-order valence-corrected chi connectivity index (χ4v) is 1.41. The van der Waals surface area contributed by atoms with Crippen LogP contribution in [0.3, 0.4) is 0 Å². The average molecular weight is 220 g/mol. The first kappa shape index (κ1) is 12.0. The maximum Gasteiger partial charge on any atom is 0.294 e. The van der Waals surface area contributed by atoms with Crippen LogP contribution >= 0.6 is 11.6 Å². The predicted octanol–water partition coefficient (Wildman–Crippen LogP) is 1.21. The maximum absolute atomic E-state index is 10.5. The van der Waals surface area contributed by atoms with Crippen LogP contribution in [0.4, 0.5) is 0 Å². The molecule has 3 nitrogen and oxygen atoms in total. The van der Waals surface area contributed by atoms with Crippen molar-refractivity contribution < 1.29 is 13.0 Å². The highest BCUT2D eigenvalue weighted by Gasteiger charge is 2.07. The van der Waals surface area contributed by atoms with Crippen LogP contribution < -0.4 is 0 Å². The van der Waals surface area contributed by atoms with Gasteiger partial charge in [-0.3, -0.25) is 4.55 Å². The first-order valence-corrected chi connectivity index (χ1v) is 4.55. The Balaban J connectivity index is 0.00000121. The first-order valence-electron chi connectivity index (χ1n) is 2.73.